The van der Waals surface area contributed by atoms with E-state index in [2.05, 4.69) is 10.2 Å². The predicted octanol–water partition coefficient (Wildman–Crippen LogP) is 3.22. The quantitative estimate of drug-likeness (QED) is 0.670. The maximum absolute atomic E-state index is 11.3. The minimum absolute atomic E-state index is 0.123. The van der Waals surface area contributed by atoms with Gasteiger partial charge in [0, 0.05) is 23.7 Å². The Morgan fingerprint density at radius 2 is 2.19 bits per heavy atom. The van der Waals surface area contributed by atoms with Gasteiger partial charge in [-0.25, -0.2) is 0 Å². The molecular weight excluding hydrogens is 290 g/mol. The summed E-state index contributed by atoms with van der Waals surface area (Å²) in [6.07, 6.45) is 4.63. The number of nitrogens with zero attached hydrogens (tertiary/aromatic N) is 2. The van der Waals surface area contributed by atoms with Gasteiger partial charge in [0.15, 0.2) is 0 Å². The molecule has 3 rings (SSSR count). The van der Waals surface area contributed by atoms with E-state index in [1.54, 1.807) is 12.1 Å². The monoisotopic (exact) mass is 309 g/mol. The first-order chi connectivity index (χ1) is 10.1. The number of piperidine rings is 1. The number of nitrogens with one attached hydrogen (secondary N) is 1. The summed E-state index contributed by atoms with van der Waals surface area (Å²) in [6, 6.07) is 5.46. The summed E-state index contributed by atoms with van der Waals surface area (Å²) in [5, 5.41) is 15.2. The van der Waals surface area contributed by atoms with E-state index in [4.69, 9.17) is 11.6 Å². The summed E-state index contributed by atoms with van der Waals surface area (Å²) in [6.45, 7) is 2.98. The van der Waals surface area contributed by atoms with Crippen LogP contribution < -0.4 is 10.2 Å². The Hall–Kier alpha value is -1.33. The molecule has 0 bridgehead atoms. The number of nitro benzene ring substituents is 1. The van der Waals surface area contributed by atoms with Crippen LogP contribution in [-0.2, 0) is 0 Å². The Morgan fingerprint density at radius 1 is 1.38 bits per heavy atom. The fourth-order valence-corrected chi connectivity index (χ4v) is 3.24. The van der Waals surface area contributed by atoms with Gasteiger partial charge in [0.25, 0.3) is 5.69 Å². The lowest BCUT2D eigenvalue weighted by molar-refractivity contribution is -0.384. The highest BCUT2D eigenvalue weighted by molar-refractivity contribution is 6.30. The first kappa shape index (κ1) is 14.6. The summed E-state index contributed by atoms with van der Waals surface area (Å²) >= 11 is 5.92. The van der Waals surface area contributed by atoms with Crippen LogP contribution in [0.3, 0.4) is 0 Å². The molecule has 0 radical (unpaired) electrons. The third-order valence-electron chi connectivity index (χ3n) is 4.29. The second-order valence-electron chi connectivity index (χ2n) is 5.99. The molecule has 2 aliphatic rings. The number of rotatable bonds is 5. The largest absolute Gasteiger partial charge is 0.363 e. The van der Waals surface area contributed by atoms with Crippen molar-refractivity contribution in [2.45, 2.75) is 31.7 Å². The van der Waals surface area contributed by atoms with Crippen LogP contribution in [0.1, 0.15) is 25.7 Å². The summed E-state index contributed by atoms with van der Waals surface area (Å²) in [5.41, 5.74) is 0.843. The Morgan fingerprint density at radius 3 is 2.81 bits per heavy atom. The number of halogens is 1. The van der Waals surface area contributed by atoms with Crippen molar-refractivity contribution in [1.82, 2.24) is 5.32 Å². The van der Waals surface area contributed by atoms with Gasteiger partial charge >= 0.3 is 0 Å². The summed E-state index contributed by atoms with van der Waals surface area (Å²) in [7, 11) is 0. The van der Waals surface area contributed by atoms with Gasteiger partial charge in [0.05, 0.1) is 4.92 Å². The molecule has 1 aromatic carbocycles. The Balaban J connectivity index is 1.85. The second-order valence-corrected chi connectivity index (χ2v) is 6.42. The molecular formula is C15H20ClN3O2. The SMILES string of the molecule is O=[N+]([O-])c1cc(Cl)ccc1N(CC1CCCNC1)C1CC1. The van der Waals surface area contributed by atoms with Crippen molar-refractivity contribution in [3.63, 3.8) is 0 Å². The van der Waals surface area contributed by atoms with Gasteiger partial charge in [-0.3, -0.25) is 10.1 Å². The summed E-state index contributed by atoms with van der Waals surface area (Å²) in [4.78, 5) is 13.2. The molecule has 1 N–H and O–H groups in total. The lowest BCUT2D eigenvalue weighted by Crippen LogP contribution is -2.39. The van der Waals surface area contributed by atoms with Crippen molar-refractivity contribution >= 4 is 23.0 Å². The molecule has 1 aromatic rings. The molecule has 0 spiro atoms. The molecule has 6 heteroatoms. The fourth-order valence-electron chi connectivity index (χ4n) is 3.07. The molecule has 1 saturated carbocycles. The molecule has 5 nitrogen and oxygen atoms in total. The smallest absolute Gasteiger partial charge is 0.294 e. The molecule has 2 fully saturated rings. The third-order valence-corrected chi connectivity index (χ3v) is 4.52. The van der Waals surface area contributed by atoms with Crippen LogP contribution in [0.2, 0.25) is 5.02 Å². The molecule has 1 aliphatic heterocycles. The van der Waals surface area contributed by atoms with Crippen LogP contribution in [0.5, 0.6) is 0 Å². The zero-order chi connectivity index (χ0) is 14.8. The molecule has 1 atom stereocenters. The first-order valence-corrected chi connectivity index (χ1v) is 7.94. The Labute approximate surface area is 129 Å². The lowest BCUT2D eigenvalue weighted by atomic mass is 9.98. The maximum Gasteiger partial charge on any atom is 0.294 e. The van der Waals surface area contributed by atoms with Gasteiger partial charge in [-0.2, -0.15) is 0 Å². The van der Waals surface area contributed by atoms with Crippen molar-refractivity contribution < 1.29 is 4.92 Å². The van der Waals surface area contributed by atoms with Crippen LogP contribution in [0, 0.1) is 16.0 Å². The lowest BCUT2D eigenvalue weighted by Gasteiger charge is -2.31. The molecule has 114 valence electrons. The third kappa shape index (κ3) is 3.47. The topological polar surface area (TPSA) is 58.4 Å². The van der Waals surface area contributed by atoms with Crippen LogP contribution >= 0.6 is 11.6 Å². The van der Waals surface area contributed by atoms with Gasteiger partial charge in [-0.1, -0.05) is 11.6 Å². The van der Waals surface area contributed by atoms with Crippen LogP contribution in [0.15, 0.2) is 18.2 Å². The minimum atomic E-state index is -0.324. The van der Waals surface area contributed by atoms with Crippen LogP contribution in [0.4, 0.5) is 11.4 Å². The van der Waals surface area contributed by atoms with Crippen LogP contribution in [-0.4, -0.2) is 30.6 Å². The molecule has 1 saturated heterocycles. The van der Waals surface area contributed by atoms with E-state index in [1.807, 2.05) is 0 Å². The zero-order valence-electron chi connectivity index (χ0n) is 11.9. The molecule has 0 amide bonds. The molecule has 1 unspecified atom stereocenters. The van der Waals surface area contributed by atoms with Crippen molar-refractivity contribution in [3.8, 4) is 0 Å². The maximum atomic E-state index is 11.3. The molecule has 1 aliphatic carbocycles. The Bertz CT molecular complexity index is 528. The van der Waals surface area contributed by atoms with Gasteiger partial charge in [-0.15, -0.1) is 0 Å². The molecule has 0 aromatic heterocycles. The predicted molar refractivity (Wildman–Crippen MR) is 84.1 cm³/mol. The number of hydrogen-bond acceptors (Lipinski definition) is 4. The zero-order valence-corrected chi connectivity index (χ0v) is 12.7. The van der Waals surface area contributed by atoms with Crippen molar-refractivity contribution in [3.05, 3.63) is 33.3 Å². The van der Waals surface area contributed by atoms with E-state index in [0.29, 0.717) is 17.0 Å². The van der Waals surface area contributed by atoms with E-state index in [0.717, 1.165) is 38.2 Å². The molecule has 21 heavy (non-hydrogen) atoms. The average Bonchev–Trinajstić information content (AvgIpc) is 3.31. The van der Waals surface area contributed by atoms with E-state index in [9.17, 15) is 10.1 Å². The first-order valence-electron chi connectivity index (χ1n) is 7.56. The normalized spacial score (nSPS) is 22.0. The minimum Gasteiger partial charge on any atom is -0.363 e. The standard InChI is InChI=1S/C15H20ClN3O2/c16-12-3-6-14(15(8-12)19(20)21)18(13-4-5-13)10-11-2-1-7-17-9-11/h3,6,8,11,13,17H,1-2,4-5,7,9-10H2. The van der Waals surface area contributed by atoms with Crippen molar-refractivity contribution in [1.29, 1.82) is 0 Å². The number of anilines is 1. The Kier molecular flexibility index (Phi) is 4.31. The number of nitro groups is 1. The number of hydrogen-bond donors (Lipinski definition) is 1. The summed E-state index contributed by atoms with van der Waals surface area (Å²) < 4.78 is 0. The van der Waals surface area contributed by atoms with Crippen molar-refractivity contribution in [2.24, 2.45) is 5.92 Å². The van der Waals surface area contributed by atoms with Crippen molar-refractivity contribution in [2.75, 3.05) is 24.5 Å². The highest BCUT2D eigenvalue weighted by Crippen LogP contribution is 2.39. The average molecular weight is 310 g/mol. The van der Waals surface area contributed by atoms with Gasteiger partial charge in [0.2, 0.25) is 0 Å². The van der Waals surface area contributed by atoms with E-state index in [-0.39, 0.29) is 10.6 Å². The highest BCUT2D eigenvalue weighted by atomic mass is 35.5. The number of benzene rings is 1. The second kappa shape index (κ2) is 6.20. The van der Waals surface area contributed by atoms with E-state index >= 15 is 0 Å². The van der Waals surface area contributed by atoms with Gasteiger partial charge in [0.1, 0.15) is 5.69 Å². The summed E-state index contributed by atoms with van der Waals surface area (Å²) in [5.74, 6) is 0.564. The van der Waals surface area contributed by atoms with E-state index < -0.39 is 0 Å². The highest BCUT2D eigenvalue weighted by Gasteiger charge is 2.34. The van der Waals surface area contributed by atoms with E-state index in [1.165, 1.54) is 18.9 Å². The molecule has 1 heterocycles. The van der Waals surface area contributed by atoms with Crippen LogP contribution in [0.25, 0.3) is 0 Å². The van der Waals surface area contributed by atoms with Gasteiger partial charge < -0.3 is 10.2 Å². The fraction of sp³-hybridized carbons (Fsp3) is 0.600. The van der Waals surface area contributed by atoms with Gasteiger partial charge in [-0.05, 0) is 56.8 Å².